The fourth-order valence-electron chi connectivity index (χ4n) is 6.31. The molecule has 3 aliphatic rings. The van der Waals surface area contributed by atoms with E-state index in [0.717, 1.165) is 81.4 Å². The number of carbonyl (C=O) groups is 2. The number of amides is 1. The molecule has 0 radical (unpaired) electrons. The highest BCUT2D eigenvalue weighted by Gasteiger charge is 2.35. The average Bonchev–Trinajstić information content (AvgIpc) is 3.73. The molecule has 2 aliphatic heterocycles. The van der Waals surface area contributed by atoms with Crippen LogP contribution in [0.5, 0.6) is 0 Å². The van der Waals surface area contributed by atoms with Gasteiger partial charge in [-0.05, 0) is 91.1 Å². The van der Waals surface area contributed by atoms with Gasteiger partial charge >= 0.3 is 12.1 Å². The Morgan fingerprint density at radius 3 is 2.40 bits per heavy atom. The van der Waals surface area contributed by atoms with Crippen LogP contribution in [0.3, 0.4) is 0 Å². The number of carboxylic acids is 1. The maximum Gasteiger partial charge on any atom is 0.410 e. The number of carboxylic acid groups (broad SMARTS) is 1. The SMILES string of the molecule is CN(C)CCN(CC1CCN(c2ccc3c(=O)c(C(=O)O)cn(OC(F)C4CC4)c3c2)C1)C1CCN(C(=O)OC(C)(C)C)CC1. The van der Waals surface area contributed by atoms with Gasteiger partial charge in [-0.25, -0.2) is 9.59 Å². The smallest absolute Gasteiger partial charge is 0.410 e. The summed E-state index contributed by atoms with van der Waals surface area (Å²) in [7, 11) is 4.16. The first-order chi connectivity index (χ1) is 21.3. The van der Waals surface area contributed by atoms with Crippen molar-refractivity contribution in [2.45, 2.75) is 70.9 Å². The number of anilines is 1. The number of aromatic carboxylic acids is 1. The number of halogens is 1. The Labute approximate surface area is 264 Å². The highest BCUT2D eigenvalue weighted by atomic mass is 19.1. The number of aromatic nitrogens is 1. The van der Waals surface area contributed by atoms with E-state index in [-0.39, 0.29) is 17.4 Å². The van der Waals surface area contributed by atoms with Crippen LogP contribution in [-0.4, -0.2) is 115 Å². The fourth-order valence-corrected chi connectivity index (χ4v) is 6.31. The molecule has 12 heteroatoms. The van der Waals surface area contributed by atoms with Crippen molar-refractivity contribution in [2.24, 2.45) is 11.8 Å². The Kier molecular flexibility index (Phi) is 9.93. The van der Waals surface area contributed by atoms with Crippen LogP contribution < -0.4 is 15.2 Å². The Bertz CT molecular complexity index is 1430. The predicted octanol–water partition coefficient (Wildman–Crippen LogP) is 3.92. The molecule has 2 aromatic rings. The normalized spacial score (nSPS) is 20.3. The van der Waals surface area contributed by atoms with E-state index in [1.54, 1.807) is 12.1 Å². The van der Waals surface area contributed by atoms with Crippen LogP contribution in [0.25, 0.3) is 10.9 Å². The summed E-state index contributed by atoms with van der Waals surface area (Å²) >= 11 is 0. The zero-order valence-corrected chi connectivity index (χ0v) is 27.2. The lowest BCUT2D eigenvalue weighted by atomic mass is 10.0. The van der Waals surface area contributed by atoms with Gasteiger partial charge in [-0.1, -0.05) is 0 Å². The van der Waals surface area contributed by atoms with Crippen molar-refractivity contribution >= 4 is 28.7 Å². The number of hydrogen-bond acceptors (Lipinski definition) is 8. The first kappa shape index (κ1) is 33.0. The van der Waals surface area contributed by atoms with Crippen LogP contribution >= 0.6 is 0 Å². The first-order valence-corrected chi connectivity index (χ1v) is 16.1. The number of hydrogen-bond donors (Lipinski definition) is 1. The third kappa shape index (κ3) is 8.26. The van der Waals surface area contributed by atoms with Crippen LogP contribution in [-0.2, 0) is 4.74 Å². The molecule has 1 amide bonds. The number of benzene rings is 1. The molecule has 11 nitrogen and oxygen atoms in total. The van der Waals surface area contributed by atoms with Crippen LogP contribution in [0, 0.1) is 11.8 Å². The third-order valence-corrected chi connectivity index (χ3v) is 9.00. The monoisotopic (exact) mass is 629 g/mol. The summed E-state index contributed by atoms with van der Waals surface area (Å²) < 4.78 is 21.4. The lowest BCUT2D eigenvalue weighted by Crippen LogP contribution is -2.50. The molecular weight excluding hydrogens is 581 g/mol. The fraction of sp³-hybridized carbons (Fsp3) is 0.667. The maximum absolute atomic E-state index is 14.7. The number of alkyl halides is 1. The van der Waals surface area contributed by atoms with Gasteiger partial charge in [-0.2, -0.15) is 9.12 Å². The van der Waals surface area contributed by atoms with Crippen molar-refractivity contribution in [2.75, 3.05) is 64.8 Å². The zero-order chi connectivity index (χ0) is 32.5. The minimum absolute atomic E-state index is 0.185. The standard InChI is InChI=1S/C33H48FN5O6/c1-33(2,3)44-32(43)36-14-11-24(12-15-36)38(17-16-35(4)5)20-22-10-13-37(19-22)25-8-9-26-28(18-25)39(45-30(34)23-6-7-23)21-27(29(26)40)31(41)42/h8-9,18,21-24,30H,6-7,10-17,19-20H2,1-5H3,(H,41,42). The van der Waals surface area contributed by atoms with Crippen LogP contribution in [0.4, 0.5) is 14.9 Å². The Hall–Kier alpha value is -3.38. The molecule has 3 heterocycles. The topological polar surface area (TPSA) is 108 Å². The van der Waals surface area contributed by atoms with Crippen molar-refractivity contribution < 1.29 is 28.7 Å². The lowest BCUT2D eigenvalue weighted by Gasteiger charge is -2.40. The molecule has 1 aromatic carbocycles. The molecule has 1 saturated carbocycles. The number of carbonyl (C=O) groups excluding carboxylic acids is 1. The summed E-state index contributed by atoms with van der Waals surface area (Å²) in [6.45, 7) is 11.5. The number of nitrogens with zero attached hydrogens (tertiary/aromatic N) is 5. The highest BCUT2D eigenvalue weighted by molar-refractivity contribution is 5.93. The quantitative estimate of drug-likeness (QED) is 0.396. The molecule has 248 valence electrons. The molecule has 0 spiro atoms. The molecule has 1 aliphatic carbocycles. The molecule has 2 atom stereocenters. The number of piperidine rings is 1. The summed E-state index contributed by atoms with van der Waals surface area (Å²) in [5.41, 5.74) is -0.326. The van der Waals surface area contributed by atoms with E-state index in [2.05, 4.69) is 28.8 Å². The van der Waals surface area contributed by atoms with E-state index in [0.29, 0.717) is 30.6 Å². The van der Waals surface area contributed by atoms with E-state index in [1.165, 1.54) is 0 Å². The van der Waals surface area contributed by atoms with Gasteiger partial charge in [-0.15, -0.1) is 0 Å². The second-order valence-electron chi connectivity index (χ2n) is 14.1. The van der Waals surface area contributed by atoms with Crippen LogP contribution in [0.1, 0.15) is 63.2 Å². The summed E-state index contributed by atoms with van der Waals surface area (Å²) in [5, 5.41) is 9.76. The van der Waals surface area contributed by atoms with Gasteiger partial charge in [0.25, 0.3) is 6.36 Å². The Morgan fingerprint density at radius 2 is 1.78 bits per heavy atom. The second kappa shape index (κ2) is 13.5. The number of fused-ring (bicyclic) bond motifs is 1. The number of likely N-dealkylation sites (N-methyl/N-ethyl adjacent to an activating group) is 1. The highest BCUT2D eigenvalue weighted by Crippen LogP contribution is 2.34. The van der Waals surface area contributed by atoms with Gasteiger partial charge in [0.05, 0.1) is 17.1 Å². The summed E-state index contributed by atoms with van der Waals surface area (Å²) in [5.74, 6) is -1.16. The zero-order valence-electron chi connectivity index (χ0n) is 27.2. The van der Waals surface area contributed by atoms with E-state index in [9.17, 15) is 23.9 Å². The van der Waals surface area contributed by atoms with Crippen molar-refractivity contribution in [1.29, 1.82) is 0 Å². The molecule has 5 rings (SSSR count). The van der Waals surface area contributed by atoms with E-state index < -0.39 is 28.9 Å². The average molecular weight is 630 g/mol. The van der Waals surface area contributed by atoms with Gasteiger partial charge in [0.2, 0.25) is 5.43 Å². The Balaban J connectivity index is 1.28. The summed E-state index contributed by atoms with van der Waals surface area (Å²) in [6, 6.07) is 5.65. The molecule has 2 saturated heterocycles. The largest absolute Gasteiger partial charge is 0.477 e. The van der Waals surface area contributed by atoms with Crippen molar-refractivity contribution in [3.63, 3.8) is 0 Å². The third-order valence-electron chi connectivity index (χ3n) is 9.00. The lowest BCUT2D eigenvalue weighted by molar-refractivity contribution is -0.0564. The molecule has 1 N–H and O–H groups in total. The molecule has 1 aromatic heterocycles. The maximum atomic E-state index is 14.7. The van der Waals surface area contributed by atoms with Gasteiger partial charge < -0.3 is 29.4 Å². The second-order valence-corrected chi connectivity index (χ2v) is 14.1. The van der Waals surface area contributed by atoms with Crippen molar-refractivity contribution in [3.8, 4) is 0 Å². The first-order valence-electron chi connectivity index (χ1n) is 16.1. The predicted molar refractivity (Wildman–Crippen MR) is 171 cm³/mol. The van der Waals surface area contributed by atoms with E-state index >= 15 is 0 Å². The van der Waals surface area contributed by atoms with Gasteiger partial charge in [0.1, 0.15) is 11.2 Å². The number of rotatable bonds is 11. The molecule has 45 heavy (non-hydrogen) atoms. The summed E-state index contributed by atoms with van der Waals surface area (Å²) in [4.78, 5) is 51.7. The Morgan fingerprint density at radius 1 is 1.07 bits per heavy atom. The summed E-state index contributed by atoms with van der Waals surface area (Å²) in [6.07, 6.45) is 3.53. The molecular formula is C33H48FN5O6. The van der Waals surface area contributed by atoms with Gasteiger partial charge in [0, 0.05) is 63.5 Å². The van der Waals surface area contributed by atoms with Crippen molar-refractivity contribution in [1.82, 2.24) is 19.4 Å². The van der Waals surface area contributed by atoms with Crippen molar-refractivity contribution in [3.05, 3.63) is 40.2 Å². The number of likely N-dealkylation sites (tertiary alicyclic amines) is 1. The number of ether oxygens (including phenoxy) is 1. The van der Waals surface area contributed by atoms with Crippen LogP contribution in [0.2, 0.25) is 0 Å². The van der Waals surface area contributed by atoms with E-state index in [1.807, 2.05) is 31.7 Å². The number of pyridine rings is 1. The van der Waals surface area contributed by atoms with Crippen LogP contribution in [0.15, 0.2) is 29.2 Å². The van der Waals surface area contributed by atoms with E-state index in [4.69, 9.17) is 9.57 Å². The van der Waals surface area contributed by atoms with Gasteiger partial charge in [0.15, 0.2) is 0 Å². The molecule has 3 fully saturated rings. The molecule has 0 bridgehead atoms. The van der Waals surface area contributed by atoms with Gasteiger partial charge in [-0.3, -0.25) is 9.69 Å². The molecule has 2 unspecified atom stereocenters. The minimum Gasteiger partial charge on any atom is -0.477 e. The minimum atomic E-state index is -1.57.